The maximum Gasteiger partial charge on any atom is 0.295 e. The van der Waals surface area contributed by atoms with Crippen LogP contribution in [0.5, 0.6) is 0 Å². The molecule has 0 aliphatic rings. The predicted molar refractivity (Wildman–Crippen MR) is 67.4 cm³/mol. The Labute approximate surface area is 101 Å². The van der Waals surface area contributed by atoms with E-state index >= 15 is 0 Å². The molecule has 0 aliphatic heterocycles. The molecule has 0 bridgehead atoms. The fraction of sp³-hybridized carbons (Fsp3) is 0.500. The Kier molecular flexibility index (Phi) is 4.90. The fourth-order valence-electron chi connectivity index (χ4n) is 1.64. The molecule has 0 spiro atoms. The average Bonchev–Trinajstić information content (AvgIpc) is 2.26. The van der Waals surface area contributed by atoms with Gasteiger partial charge in [0, 0.05) is 18.7 Å². The van der Waals surface area contributed by atoms with E-state index < -0.39 is 0 Å². The zero-order valence-corrected chi connectivity index (χ0v) is 10.4. The van der Waals surface area contributed by atoms with Crippen molar-refractivity contribution in [1.82, 2.24) is 0 Å². The van der Waals surface area contributed by atoms with Crippen LogP contribution in [0.15, 0.2) is 18.2 Å². The number of anilines is 1. The van der Waals surface area contributed by atoms with Crippen molar-refractivity contribution in [2.45, 2.75) is 26.9 Å². The van der Waals surface area contributed by atoms with Gasteiger partial charge in [0.25, 0.3) is 5.69 Å². The van der Waals surface area contributed by atoms with E-state index in [2.05, 4.69) is 5.32 Å². The van der Waals surface area contributed by atoms with Crippen molar-refractivity contribution in [2.24, 2.45) is 0 Å². The Morgan fingerprint density at radius 1 is 1.53 bits per heavy atom. The molecule has 0 heterocycles. The van der Waals surface area contributed by atoms with Gasteiger partial charge in [0.1, 0.15) is 5.69 Å². The van der Waals surface area contributed by atoms with Crippen molar-refractivity contribution in [1.29, 1.82) is 0 Å². The lowest BCUT2D eigenvalue weighted by Crippen LogP contribution is -2.20. The Bertz CT molecular complexity index is 393. The van der Waals surface area contributed by atoms with E-state index in [9.17, 15) is 10.1 Å². The molecule has 1 rings (SSSR count). The average molecular weight is 238 g/mol. The second kappa shape index (κ2) is 6.20. The molecule has 1 N–H and O–H groups in total. The van der Waals surface area contributed by atoms with Crippen LogP contribution in [-0.4, -0.2) is 24.2 Å². The summed E-state index contributed by atoms with van der Waals surface area (Å²) < 4.78 is 5.36. The third-order valence-electron chi connectivity index (χ3n) is 2.45. The molecule has 1 atom stereocenters. The maximum absolute atomic E-state index is 10.9. The Morgan fingerprint density at radius 3 is 2.82 bits per heavy atom. The van der Waals surface area contributed by atoms with Gasteiger partial charge in [-0.15, -0.1) is 0 Å². The van der Waals surface area contributed by atoms with E-state index in [1.54, 1.807) is 25.1 Å². The number of rotatable bonds is 6. The first-order chi connectivity index (χ1) is 8.06. The quantitative estimate of drug-likeness (QED) is 0.611. The summed E-state index contributed by atoms with van der Waals surface area (Å²) in [4.78, 5) is 10.6. The standard InChI is InChI=1S/C12H18N2O3/c1-4-17-10(3)8-13-11-7-5-6-9(2)12(11)14(15)16/h5-7,10,13H,4,8H2,1-3H3. The summed E-state index contributed by atoms with van der Waals surface area (Å²) in [7, 11) is 0. The van der Waals surface area contributed by atoms with Crippen LogP contribution < -0.4 is 5.32 Å². The van der Waals surface area contributed by atoms with E-state index in [-0.39, 0.29) is 16.7 Å². The van der Waals surface area contributed by atoms with Crippen molar-refractivity contribution in [3.05, 3.63) is 33.9 Å². The highest BCUT2D eigenvalue weighted by atomic mass is 16.6. The lowest BCUT2D eigenvalue weighted by molar-refractivity contribution is -0.384. The number of nitrogens with one attached hydrogen (secondary N) is 1. The van der Waals surface area contributed by atoms with Crippen LogP contribution in [0.3, 0.4) is 0 Å². The normalized spacial score (nSPS) is 12.2. The Hall–Kier alpha value is -1.62. The molecule has 0 fully saturated rings. The minimum Gasteiger partial charge on any atom is -0.377 e. The van der Waals surface area contributed by atoms with E-state index in [4.69, 9.17) is 4.74 Å². The van der Waals surface area contributed by atoms with Gasteiger partial charge in [0.05, 0.1) is 11.0 Å². The van der Waals surface area contributed by atoms with Gasteiger partial charge in [-0.05, 0) is 26.8 Å². The Balaban J connectivity index is 2.77. The monoisotopic (exact) mass is 238 g/mol. The first-order valence-electron chi connectivity index (χ1n) is 5.65. The van der Waals surface area contributed by atoms with Crippen molar-refractivity contribution in [3.8, 4) is 0 Å². The topological polar surface area (TPSA) is 64.4 Å². The molecule has 94 valence electrons. The third-order valence-corrected chi connectivity index (χ3v) is 2.45. The minimum absolute atomic E-state index is 0.0279. The van der Waals surface area contributed by atoms with Gasteiger partial charge in [0.15, 0.2) is 0 Å². The number of hydrogen-bond donors (Lipinski definition) is 1. The predicted octanol–water partition coefficient (Wildman–Crippen LogP) is 2.74. The second-order valence-electron chi connectivity index (χ2n) is 3.88. The van der Waals surface area contributed by atoms with Crippen LogP contribution in [-0.2, 0) is 4.74 Å². The molecule has 0 aliphatic carbocycles. The largest absolute Gasteiger partial charge is 0.377 e. The van der Waals surface area contributed by atoms with E-state index in [1.165, 1.54) is 0 Å². The van der Waals surface area contributed by atoms with Crippen LogP contribution >= 0.6 is 0 Å². The van der Waals surface area contributed by atoms with Crippen molar-refractivity contribution >= 4 is 11.4 Å². The number of para-hydroxylation sites is 1. The SMILES string of the molecule is CCOC(C)CNc1cccc(C)c1[N+](=O)[O-]. The number of benzene rings is 1. The van der Waals surface area contributed by atoms with E-state index in [0.29, 0.717) is 24.4 Å². The summed E-state index contributed by atoms with van der Waals surface area (Å²) in [5, 5.41) is 14.0. The van der Waals surface area contributed by atoms with Gasteiger partial charge in [-0.3, -0.25) is 10.1 Å². The number of nitro groups is 1. The molecule has 1 aromatic rings. The maximum atomic E-state index is 10.9. The smallest absolute Gasteiger partial charge is 0.295 e. The Morgan fingerprint density at radius 2 is 2.24 bits per heavy atom. The first-order valence-corrected chi connectivity index (χ1v) is 5.65. The molecule has 0 saturated heterocycles. The van der Waals surface area contributed by atoms with Gasteiger partial charge < -0.3 is 10.1 Å². The number of nitro benzene ring substituents is 1. The lowest BCUT2D eigenvalue weighted by atomic mass is 10.1. The van der Waals surface area contributed by atoms with Gasteiger partial charge in [-0.25, -0.2) is 0 Å². The summed E-state index contributed by atoms with van der Waals surface area (Å²) in [5.41, 5.74) is 1.34. The summed E-state index contributed by atoms with van der Waals surface area (Å²) >= 11 is 0. The van der Waals surface area contributed by atoms with Crippen molar-refractivity contribution < 1.29 is 9.66 Å². The molecule has 5 heteroatoms. The van der Waals surface area contributed by atoms with E-state index in [0.717, 1.165) is 0 Å². The molecule has 0 aromatic heterocycles. The molecule has 17 heavy (non-hydrogen) atoms. The number of hydrogen-bond acceptors (Lipinski definition) is 4. The van der Waals surface area contributed by atoms with Crippen LogP contribution in [0.1, 0.15) is 19.4 Å². The van der Waals surface area contributed by atoms with Crippen LogP contribution in [0.25, 0.3) is 0 Å². The highest BCUT2D eigenvalue weighted by molar-refractivity contribution is 5.64. The van der Waals surface area contributed by atoms with E-state index in [1.807, 2.05) is 13.8 Å². The summed E-state index contributed by atoms with van der Waals surface area (Å²) in [6.45, 7) is 6.77. The second-order valence-corrected chi connectivity index (χ2v) is 3.88. The van der Waals surface area contributed by atoms with Gasteiger partial charge >= 0.3 is 0 Å². The van der Waals surface area contributed by atoms with Gasteiger partial charge in [-0.2, -0.15) is 0 Å². The van der Waals surface area contributed by atoms with Crippen LogP contribution in [0, 0.1) is 17.0 Å². The minimum atomic E-state index is -0.358. The molecular weight excluding hydrogens is 220 g/mol. The van der Waals surface area contributed by atoms with Gasteiger partial charge in [-0.1, -0.05) is 12.1 Å². The summed E-state index contributed by atoms with van der Waals surface area (Å²) in [6, 6.07) is 5.25. The zero-order chi connectivity index (χ0) is 12.8. The first kappa shape index (κ1) is 13.4. The molecule has 1 aromatic carbocycles. The van der Waals surface area contributed by atoms with Crippen molar-refractivity contribution in [2.75, 3.05) is 18.5 Å². The molecule has 0 amide bonds. The number of aryl methyl sites for hydroxylation is 1. The summed E-state index contributed by atoms with van der Waals surface area (Å²) in [5.74, 6) is 0. The highest BCUT2D eigenvalue weighted by Gasteiger charge is 2.16. The molecular formula is C12H18N2O3. The number of nitrogens with zero attached hydrogens (tertiary/aromatic N) is 1. The molecule has 0 radical (unpaired) electrons. The fourth-order valence-corrected chi connectivity index (χ4v) is 1.64. The summed E-state index contributed by atoms with van der Waals surface area (Å²) in [6.07, 6.45) is 0.0279. The molecule has 1 unspecified atom stereocenters. The lowest BCUT2D eigenvalue weighted by Gasteiger charge is -2.14. The number of ether oxygens (including phenoxy) is 1. The highest BCUT2D eigenvalue weighted by Crippen LogP contribution is 2.27. The molecule has 0 saturated carbocycles. The van der Waals surface area contributed by atoms with Crippen LogP contribution in [0.2, 0.25) is 0 Å². The van der Waals surface area contributed by atoms with Gasteiger partial charge in [0.2, 0.25) is 0 Å². The molecule has 5 nitrogen and oxygen atoms in total. The van der Waals surface area contributed by atoms with Crippen molar-refractivity contribution in [3.63, 3.8) is 0 Å². The third kappa shape index (κ3) is 3.71. The van der Waals surface area contributed by atoms with Crippen LogP contribution in [0.4, 0.5) is 11.4 Å². The zero-order valence-electron chi connectivity index (χ0n) is 10.4.